The van der Waals surface area contributed by atoms with Crippen molar-refractivity contribution in [1.82, 2.24) is 5.32 Å². The third kappa shape index (κ3) is 4.13. The highest BCUT2D eigenvalue weighted by Crippen LogP contribution is 2.17. The average molecular weight is 255 g/mol. The Labute approximate surface area is 107 Å². The molecule has 1 atom stereocenters. The summed E-state index contributed by atoms with van der Waals surface area (Å²) >= 11 is 1.47. The number of amides is 1. The minimum Gasteiger partial charge on any atom is -0.393 e. The third-order valence-electron chi connectivity index (χ3n) is 2.83. The lowest BCUT2D eigenvalue weighted by Gasteiger charge is -2.14. The van der Waals surface area contributed by atoms with Crippen molar-refractivity contribution in [2.75, 3.05) is 6.54 Å². The molecule has 0 aliphatic heterocycles. The van der Waals surface area contributed by atoms with Crippen molar-refractivity contribution in [3.05, 3.63) is 21.9 Å². The Morgan fingerprint density at radius 3 is 2.82 bits per heavy atom. The van der Waals surface area contributed by atoms with E-state index in [1.165, 1.54) is 11.3 Å². The maximum absolute atomic E-state index is 11.9. The number of hydrogen-bond acceptors (Lipinski definition) is 3. The van der Waals surface area contributed by atoms with E-state index in [2.05, 4.69) is 5.32 Å². The predicted octanol–water partition coefficient (Wildman–Crippen LogP) is 2.45. The van der Waals surface area contributed by atoms with Crippen LogP contribution >= 0.6 is 11.3 Å². The van der Waals surface area contributed by atoms with E-state index in [1.54, 1.807) is 0 Å². The lowest BCUT2D eigenvalue weighted by molar-refractivity contribution is 0.0923. The zero-order valence-electron chi connectivity index (χ0n) is 10.7. The van der Waals surface area contributed by atoms with Crippen LogP contribution in [-0.2, 0) is 6.42 Å². The van der Waals surface area contributed by atoms with Crippen LogP contribution in [0.3, 0.4) is 0 Å². The Morgan fingerprint density at radius 1 is 1.53 bits per heavy atom. The molecule has 0 spiro atoms. The van der Waals surface area contributed by atoms with Gasteiger partial charge in [0.1, 0.15) is 0 Å². The Bertz CT molecular complexity index is 360. The van der Waals surface area contributed by atoms with Crippen LogP contribution in [0.1, 0.15) is 42.4 Å². The molecule has 1 amide bonds. The van der Waals surface area contributed by atoms with E-state index >= 15 is 0 Å². The highest BCUT2D eigenvalue weighted by atomic mass is 32.1. The van der Waals surface area contributed by atoms with Crippen molar-refractivity contribution in [2.24, 2.45) is 5.92 Å². The molecule has 0 saturated heterocycles. The second-order valence-corrected chi connectivity index (χ2v) is 5.40. The Kier molecular flexibility index (Phi) is 5.65. The smallest absolute Gasteiger partial charge is 0.261 e. The predicted molar refractivity (Wildman–Crippen MR) is 71.5 cm³/mol. The van der Waals surface area contributed by atoms with Gasteiger partial charge in [-0.15, -0.1) is 11.3 Å². The normalized spacial score (nSPS) is 12.8. The van der Waals surface area contributed by atoms with Gasteiger partial charge in [0.15, 0.2) is 0 Å². The lowest BCUT2D eigenvalue weighted by Crippen LogP contribution is -2.28. The largest absolute Gasteiger partial charge is 0.393 e. The first kappa shape index (κ1) is 14.2. The number of aliphatic hydroxyl groups is 1. The van der Waals surface area contributed by atoms with Crippen molar-refractivity contribution in [1.29, 1.82) is 0 Å². The Morgan fingerprint density at radius 2 is 2.24 bits per heavy atom. The number of aryl methyl sites for hydroxylation is 1. The Balaban J connectivity index is 2.40. The van der Waals surface area contributed by atoms with E-state index in [9.17, 15) is 9.90 Å². The first-order valence-corrected chi connectivity index (χ1v) is 6.96. The van der Waals surface area contributed by atoms with E-state index in [-0.39, 0.29) is 17.9 Å². The Hall–Kier alpha value is -0.870. The van der Waals surface area contributed by atoms with Gasteiger partial charge >= 0.3 is 0 Å². The summed E-state index contributed by atoms with van der Waals surface area (Å²) in [6.07, 6.45) is 1.14. The molecule has 2 N–H and O–H groups in total. The number of carbonyl (C=O) groups is 1. The van der Waals surface area contributed by atoms with E-state index < -0.39 is 0 Å². The SMILES string of the molecule is CCc1ccsc1C(=O)NCCC(O)C(C)C. The molecular formula is C13H21NO2S. The summed E-state index contributed by atoms with van der Waals surface area (Å²) in [5.74, 6) is 0.215. The molecule has 1 unspecified atom stereocenters. The number of aliphatic hydroxyl groups excluding tert-OH is 1. The molecule has 0 radical (unpaired) electrons. The van der Waals surface area contributed by atoms with Crippen LogP contribution in [0.2, 0.25) is 0 Å². The molecule has 3 nitrogen and oxygen atoms in total. The molecule has 96 valence electrons. The monoisotopic (exact) mass is 255 g/mol. The standard InChI is InChI=1S/C13H21NO2S/c1-4-10-6-8-17-12(10)13(16)14-7-5-11(15)9(2)3/h6,8-9,11,15H,4-5,7H2,1-3H3,(H,14,16). The number of thiophene rings is 1. The molecule has 0 aliphatic rings. The van der Waals surface area contributed by atoms with Gasteiger partial charge in [-0.25, -0.2) is 0 Å². The maximum Gasteiger partial charge on any atom is 0.261 e. The molecular weight excluding hydrogens is 234 g/mol. The van der Waals surface area contributed by atoms with E-state index in [1.807, 2.05) is 32.2 Å². The van der Waals surface area contributed by atoms with Crippen LogP contribution < -0.4 is 5.32 Å². The van der Waals surface area contributed by atoms with Crippen LogP contribution in [0.15, 0.2) is 11.4 Å². The minimum absolute atomic E-state index is 0.0205. The number of hydrogen-bond donors (Lipinski definition) is 2. The van der Waals surface area contributed by atoms with Crippen LogP contribution in [0.25, 0.3) is 0 Å². The second kappa shape index (κ2) is 6.77. The quantitative estimate of drug-likeness (QED) is 0.820. The van der Waals surface area contributed by atoms with Crippen molar-refractivity contribution in [3.63, 3.8) is 0 Å². The van der Waals surface area contributed by atoms with Crippen molar-refractivity contribution in [3.8, 4) is 0 Å². The topological polar surface area (TPSA) is 49.3 Å². The molecule has 4 heteroatoms. The van der Waals surface area contributed by atoms with Gasteiger partial charge in [0.05, 0.1) is 11.0 Å². The highest BCUT2D eigenvalue weighted by Gasteiger charge is 2.13. The first-order valence-electron chi connectivity index (χ1n) is 6.08. The molecule has 0 aliphatic carbocycles. The van der Waals surface area contributed by atoms with Crippen molar-refractivity contribution < 1.29 is 9.90 Å². The van der Waals surface area contributed by atoms with E-state index in [0.29, 0.717) is 13.0 Å². The van der Waals surface area contributed by atoms with Gasteiger partial charge < -0.3 is 10.4 Å². The number of nitrogens with one attached hydrogen (secondary N) is 1. The van der Waals surface area contributed by atoms with Gasteiger partial charge in [-0.3, -0.25) is 4.79 Å². The summed E-state index contributed by atoms with van der Waals surface area (Å²) in [4.78, 5) is 12.7. The van der Waals surface area contributed by atoms with Gasteiger partial charge in [-0.1, -0.05) is 20.8 Å². The van der Waals surface area contributed by atoms with Crippen LogP contribution in [0.4, 0.5) is 0 Å². The maximum atomic E-state index is 11.9. The zero-order valence-corrected chi connectivity index (χ0v) is 11.5. The molecule has 1 heterocycles. The molecule has 0 saturated carbocycles. The zero-order chi connectivity index (χ0) is 12.8. The summed E-state index contributed by atoms with van der Waals surface area (Å²) in [6.45, 7) is 6.52. The summed E-state index contributed by atoms with van der Waals surface area (Å²) in [5, 5.41) is 14.4. The molecule has 1 aromatic heterocycles. The fourth-order valence-electron chi connectivity index (χ4n) is 1.56. The number of rotatable bonds is 6. The molecule has 1 rings (SSSR count). The van der Waals surface area contributed by atoms with Gasteiger partial charge in [-0.05, 0) is 35.8 Å². The van der Waals surface area contributed by atoms with Gasteiger partial charge in [0, 0.05) is 6.54 Å². The summed E-state index contributed by atoms with van der Waals surface area (Å²) in [6, 6.07) is 1.99. The van der Waals surface area contributed by atoms with E-state index in [0.717, 1.165) is 16.9 Å². The summed E-state index contributed by atoms with van der Waals surface area (Å²) < 4.78 is 0. The summed E-state index contributed by atoms with van der Waals surface area (Å²) in [5.41, 5.74) is 1.09. The first-order chi connectivity index (χ1) is 8.06. The number of carbonyl (C=O) groups excluding carboxylic acids is 1. The fourth-order valence-corrected chi connectivity index (χ4v) is 2.47. The lowest BCUT2D eigenvalue weighted by atomic mass is 10.0. The molecule has 17 heavy (non-hydrogen) atoms. The van der Waals surface area contributed by atoms with Crippen molar-refractivity contribution >= 4 is 17.2 Å². The van der Waals surface area contributed by atoms with Crippen LogP contribution in [0.5, 0.6) is 0 Å². The van der Waals surface area contributed by atoms with Crippen LogP contribution in [-0.4, -0.2) is 23.7 Å². The second-order valence-electron chi connectivity index (χ2n) is 4.48. The summed E-state index contributed by atoms with van der Waals surface area (Å²) in [7, 11) is 0. The van der Waals surface area contributed by atoms with Gasteiger partial charge in [0.2, 0.25) is 0 Å². The molecule has 0 fully saturated rings. The molecule has 0 bridgehead atoms. The van der Waals surface area contributed by atoms with E-state index in [4.69, 9.17) is 0 Å². The average Bonchev–Trinajstić information content (AvgIpc) is 2.76. The third-order valence-corrected chi connectivity index (χ3v) is 3.78. The van der Waals surface area contributed by atoms with Crippen molar-refractivity contribution in [2.45, 2.75) is 39.7 Å². The minimum atomic E-state index is -0.343. The van der Waals surface area contributed by atoms with Gasteiger partial charge in [-0.2, -0.15) is 0 Å². The fraction of sp³-hybridized carbons (Fsp3) is 0.615. The molecule has 1 aromatic rings. The molecule has 0 aromatic carbocycles. The highest BCUT2D eigenvalue weighted by molar-refractivity contribution is 7.12. The van der Waals surface area contributed by atoms with Crippen LogP contribution in [0, 0.1) is 5.92 Å². The van der Waals surface area contributed by atoms with Gasteiger partial charge in [0.25, 0.3) is 5.91 Å².